The monoisotopic (exact) mass is 346 g/mol. The van der Waals surface area contributed by atoms with Crippen molar-refractivity contribution >= 4 is 29.0 Å². The van der Waals surface area contributed by atoms with Gasteiger partial charge in [0.25, 0.3) is 11.1 Å². The van der Waals surface area contributed by atoms with E-state index in [1.165, 1.54) is 4.90 Å². The molecule has 130 valence electrons. The van der Waals surface area contributed by atoms with E-state index in [0.29, 0.717) is 11.6 Å². The van der Waals surface area contributed by atoms with Crippen molar-refractivity contribution in [2.24, 2.45) is 0 Å². The predicted octanol–water partition coefficient (Wildman–Crippen LogP) is 4.58. The molecule has 1 aliphatic heterocycles. The second-order valence-electron chi connectivity index (χ2n) is 5.99. The minimum absolute atomic E-state index is 0.167. The van der Waals surface area contributed by atoms with Crippen molar-refractivity contribution in [2.45, 2.75) is 39.5 Å². The number of hydrogen-bond acceptors (Lipinski definition) is 4. The lowest BCUT2D eigenvalue weighted by molar-refractivity contribution is -0.124. The molecule has 0 aromatic heterocycles. The van der Waals surface area contributed by atoms with Crippen molar-refractivity contribution in [1.29, 1.82) is 0 Å². The van der Waals surface area contributed by atoms with E-state index in [-0.39, 0.29) is 11.1 Å². The number of hydrogen-bond donors (Lipinski definition) is 0. The summed E-state index contributed by atoms with van der Waals surface area (Å²) in [5.74, 6) is -0.174. The van der Waals surface area contributed by atoms with E-state index < -0.39 is 0 Å². The van der Waals surface area contributed by atoms with Crippen LogP contribution in [-0.2, 0) is 4.79 Å². The smallest absolute Gasteiger partial charge is 0.286 e. The van der Waals surface area contributed by atoms with Crippen LogP contribution in [0.2, 0.25) is 0 Å². The Balaban J connectivity index is 2.05. The summed E-state index contributed by atoms with van der Waals surface area (Å²) < 4.78 is 0. The molecule has 24 heavy (non-hydrogen) atoms. The Bertz CT molecular complexity index is 578. The molecule has 0 saturated carbocycles. The number of benzene rings is 1. The number of nitrogens with zero attached hydrogens (tertiary/aromatic N) is 2. The van der Waals surface area contributed by atoms with Gasteiger partial charge in [0.2, 0.25) is 0 Å². The third-order valence-electron chi connectivity index (χ3n) is 3.97. The van der Waals surface area contributed by atoms with Gasteiger partial charge >= 0.3 is 0 Å². The van der Waals surface area contributed by atoms with Gasteiger partial charge in [0.1, 0.15) is 0 Å². The highest BCUT2D eigenvalue weighted by Crippen LogP contribution is 2.32. The first-order valence-corrected chi connectivity index (χ1v) is 9.50. The zero-order chi connectivity index (χ0) is 17.4. The second-order valence-corrected chi connectivity index (χ2v) is 6.98. The van der Waals surface area contributed by atoms with Crippen LogP contribution in [-0.4, -0.2) is 40.7 Å². The summed E-state index contributed by atoms with van der Waals surface area (Å²) >= 11 is 1.04. The van der Waals surface area contributed by atoms with Crippen LogP contribution in [0.3, 0.4) is 0 Å². The van der Waals surface area contributed by atoms with Crippen LogP contribution in [0, 0.1) is 0 Å². The van der Waals surface area contributed by atoms with Crippen molar-refractivity contribution in [1.82, 2.24) is 9.80 Å². The molecule has 5 heteroatoms. The van der Waals surface area contributed by atoms with Gasteiger partial charge in [-0.2, -0.15) is 0 Å². The molecule has 0 N–H and O–H groups in total. The van der Waals surface area contributed by atoms with E-state index in [0.717, 1.165) is 56.1 Å². The molecule has 2 amide bonds. The lowest BCUT2D eigenvalue weighted by Crippen LogP contribution is -2.41. The maximum Gasteiger partial charge on any atom is 0.294 e. The van der Waals surface area contributed by atoms with Gasteiger partial charge in [-0.25, -0.2) is 0 Å². The summed E-state index contributed by atoms with van der Waals surface area (Å²) in [5.41, 5.74) is 0.942. The van der Waals surface area contributed by atoms with Gasteiger partial charge in [-0.3, -0.25) is 19.4 Å². The van der Waals surface area contributed by atoms with Gasteiger partial charge in [-0.1, -0.05) is 57.0 Å². The Hall–Kier alpha value is -1.59. The fourth-order valence-corrected chi connectivity index (χ4v) is 3.37. The van der Waals surface area contributed by atoms with Crippen molar-refractivity contribution in [3.8, 4) is 0 Å². The maximum atomic E-state index is 12.6. The van der Waals surface area contributed by atoms with Crippen molar-refractivity contribution in [3.63, 3.8) is 0 Å². The molecule has 0 aliphatic carbocycles. The highest BCUT2D eigenvalue weighted by Gasteiger charge is 2.35. The van der Waals surface area contributed by atoms with E-state index >= 15 is 0 Å². The molecule has 0 unspecified atom stereocenters. The fourth-order valence-electron chi connectivity index (χ4n) is 2.54. The number of unbranched alkanes of at least 4 members (excludes halogenated alkanes) is 2. The summed E-state index contributed by atoms with van der Waals surface area (Å²) in [7, 11) is 0. The Morgan fingerprint density at radius 3 is 2.25 bits per heavy atom. The molecule has 0 radical (unpaired) electrons. The summed E-state index contributed by atoms with van der Waals surface area (Å²) in [4.78, 5) is 29.0. The van der Waals surface area contributed by atoms with Crippen molar-refractivity contribution in [3.05, 3.63) is 40.8 Å². The zero-order valence-corrected chi connectivity index (χ0v) is 15.3. The van der Waals surface area contributed by atoms with E-state index in [4.69, 9.17) is 0 Å². The van der Waals surface area contributed by atoms with Gasteiger partial charge in [0.15, 0.2) is 0 Å². The molecule has 1 aromatic carbocycles. The minimum atomic E-state index is -0.174. The summed E-state index contributed by atoms with van der Waals surface area (Å²) in [6.45, 7) is 6.56. The minimum Gasteiger partial charge on any atom is -0.286 e. The van der Waals surface area contributed by atoms with E-state index in [1.54, 1.807) is 6.08 Å². The highest BCUT2D eigenvalue weighted by molar-refractivity contribution is 8.18. The lowest BCUT2D eigenvalue weighted by Gasteiger charge is -2.26. The third kappa shape index (κ3) is 5.21. The highest BCUT2D eigenvalue weighted by atomic mass is 32.2. The zero-order valence-electron chi connectivity index (χ0n) is 14.5. The Morgan fingerprint density at radius 1 is 1.04 bits per heavy atom. The molecular weight excluding hydrogens is 320 g/mol. The second kappa shape index (κ2) is 9.64. The summed E-state index contributed by atoms with van der Waals surface area (Å²) in [6, 6.07) is 9.65. The lowest BCUT2D eigenvalue weighted by atomic mass is 10.2. The molecule has 0 bridgehead atoms. The third-order valence-corrected chi connectivity index (χ3v) is 4.88. The molecule has 0 atom stereocenters. The van der Waals surface area contributed by atoms with Gasteiger partial charge < -0.3 is 0 Å². The van der Waals surface area contributed by atoms with Gasteiger partial charge in [0.05, 0.1) is 11.6 Å². The van der Waals surface area contributed by atoms with Crippen LogP contribution in [0.15, 0.2) is 35.2 Å². The number of thioether (sulfide) groups is 1. The first-order valence-electron chi connectivity index (χ1n) is 8.68. The first-order chi connectivity index (χ1) is 11.7. The quantitative estimate of drug-likeness (QED) is 0.614. The van der Waals surface area contributed by atoms with Crippen LogP contribution < -0.4 is 0 Å². The Morgan fingerprint density at radius 2 is 1.67 bits per heavy atom. The van der Waals surface area contributed by atoms with E-state index in [2.05, 4.69) is 18.7 Å². The molecule has 4 nitrogen and oxygen atoms in total. The van der Waals surface area contributed by atoms with E-state index in [9.17, 15) is 9.59 Å². The van der Waals surface area contributed by atoms with Crippen molar-refractivity contribution in [2.75, 3.05) is 19.8 Å². The number of carbonyl (C=O) groups excluding carboxylic acids is 2. The maximum absolute atomic E-state index is 12.6. The molecule has 1 aliphatic rings. The van der Waals surface area contributed by atoms with E-state index in [1.807, 2.05) is 30.3 Å². The fraction of sp³-hybridized carbons (Fsp3) is 0.474. The van der Waals surface area contributed by atoms with Gasteiger partial charge in [-0.15, -0.1) is 0 Å². The number of amides is 2. The molecule has 1 fully saturated rings. The molecule has 1 aromatic rings. The number of rotatable bonds is 9. The molecule has 0 spiro atoms. The van der Waals surface area contributed by atoms with Gasteiger partial charge in [-0.05, 0) is 49.3 Å². The topological polar surface area (TPSA) is 40.6 Å². The Labute approximate surface area is 148 Å². The number of imide groups is 1. The summed E-state index contributed by atoms with van der Waals surface area (Å²) in [6.07, 6.45) is 6.18. The van der Waals surface area contributed by atoms with Crippen LogP contribution in [0.4, 0.5) is 4.79 Å². The van der Waals surface area contributed by atoms with Crippen LogP contribution in [0.25, 0.3) is 6.08 Å². The van der Waals surface area contributed by atoms with Gasteiger partial charge in [0, 0.05) is 0 Å². The molecule has 1 heterocycles. The average Bonchev–Trinajstić information content (AvgIpc) is 2.85. The molecule has 1 saturated heterocycles. The largest absolute Gasteiger partial charge is 0.294 e. The standard InChI is InChI=1S/C19H26N2O2S/c1-3-5-12-20(13-6-4-2)15-21-18(22)17(24-19(21)23)14-16-10-8-7-9-11-16/h7-11,14H,3-6,12-13,15H2,1-2H3/b17-14-. The van der Waals surface area contributed by atoms with Crippen LogP contribution in [0.1, 0.15) is 45.1 Å². The normalized spacial score (nSPS) is 16.6. The molecule has 2 rings (SSSR count). The SMILES string of the molecule is CCCCN(CCCC)CN1C(=O)S/C(=C\c2ccccc2)C1=O. The van der Waals surface area contributed by atoms with Crippen LogP contribution in [0.5, 0.6) is 0 Å². The predicted molar refractivity (Wildman–Crippen MR) is 101 cm³/mol. The number of carbonyl (C=O) groups is 2. The Kier molecular flexibility index (Phi) is 7.53. The van der Waals surface area contributed by atoms with Crippen molar-refractivity contribution < 1.29 is 9.59 Å². The average molecular weight is 346 g/mol. The molecular formula is C19H26N2O2S. The summed E-state index contributed by atoms with van der Waals surface area (Å²) in [5, 5.41) is -0.167. The first kappa shape index (κ1) is 18.7. The van der Waals surface area contributed by atoms with Crippen LogP contribution >= 0.6 is 11.8 Å².